The lowest BCUT2D eigenvalue weighted by atomic mass is 10.0. The van der Waals surface area contributed by atoms with Gasteiger partial charge in [0.15, 0.2) is 0 Å². The Morgan fingerprint density at radius 2 is 1.86 bits per heavy atom. The third-order valence-corrected chi connectivity index (χ3v) is 3.87. The SMILES string of the molecule is CCC[C@H](CNC(=O)c1ccc(S(N)(=O)=O)cc1)C(=O)O. The van der Waals surface area contributed by atoms with Crippen LogP contribution < -0.4 is 10.5 Å². The van der Waals surface area contributed by atoms with Crippen LogP contribution in [0, 0.1) is 5.92 Å². The number of primary sulfonamides is 1. The average Bonchev–Trinajstić information content (AvgIpc) is 2.42. The fourth-order valence-electron chi connectivity index (χ4n) is 1.78. The van der Waals surface area contributed by atoms with Crippen LogP contribution in [0.4, 0.5) is 0 Å². The Morgan fingerprint density at radius 3 is 2.29 bits per heavy atom. The molecule has 0 saturated carbocycles. The third-order valence-electron chi connectivity index (χ3n) is 2.94. The number of carbonyl (C=O) groups is 2. The fourth-order valence-corrected chi connectivity index (χ4v) is 2.29. The number of hydrogen-bond acceptors (Lipinski definition) is 4. The van der Waals surface area contributed by atoms with Crippen molar-refractivity contribution in [2.75, 3.05) is 6.54 Å². The molecule has 0 saturated heterocycles. The number of rotatable bonds is 7. The molecule has 0 aliphatic rings. The average molecular weight is 314 g/mol. The van der Waals surface area contributed by atoms with E-state index in [1.165, 1.54) is 24.3 Å². The van der Waals surface area contributed by atoms with Crippen LogP contribution in [0.25, 0.3) is 0 Å². The van der Waals surface area contributed by atoms with E-state index in [1.54, 1.807) is 0 Å². The van der Waals surface area contributed by atoms with Gasteiger partial charge in [0.25, 0.3) is 5.91 Å². The first-order valence-corrected chi connectivity index (χ1v) is 7.94. The Labute approximate surface area is 123 Å². The molecule has 4 N–H and O–H groups in total. The van der Waals surface area contributed by atoms with E-state index in [1.807, 2.05) is 6.92 Å². The lowest BCUT2D eigenvalue weighted by molar-refractivity contribution is -0.141. The molecule has 0 spiro atoms. The van der Waals surface area contributed by atoms with Gasteiger partial charge in [-0.2, -0.15) is 0 Å². The normalized spacial score (nSPS) is 12.7. The summed E-state index contributed by atoms with van der Waals surface area (Å²) in [4.78, 5) is 22.7. The van der Waals surface area contributed by atoms with Crippen LogP contribution in [0.5, 0.6) is 0 Å². The van der Waals surface area contributed by atoms with E-state index in [2.05, 4.69) is 5.32 Å². The highest BCUT2D eigenvalue weighted by Crippen LogP contribution is 2.09. The zero-order valence-corrected chi connectivity index (χ0v) is 12.4. The van der Waals surface area contributed by atoms with Gasteiger partial charge in [0.05, 0.1) is 10.8 Å². The second kappa shape index (κ2) is 7.19. The van der Waals surface area contributed by atoms with Crippen molar-refractivity contribution in [2.45, 2.75) is 24.7 Å². The van der Waals surface area contributed by atoms with Crippen molar-refractivity contribution in [1.82, 2.24) is 5.32 Å². The maximum atomic E-state index is 11.9. The number of carboxylic acid groups (broad SMARTS) is 1. The highest BCUT2D eigenvalue weighted by molar-refractivity contribution is 7.89. The van der Waals surface area contributed by atoms with Crippen molar-refractivity contribution in [3.05, 3.63) is 29.8 Å². The minimum atomic E-state index is -3.80. The van der Waals surface area contributed by atoms with Crippen molar-refractivity contribution >= 4 is 21.9 Å². The van der Waals surface area contributed by atoms with Crippen LogP contribution >= 0.6 is 0 Å². The lowest BCUT2D eigenvalue weighted by Gasteiger charge is -2.12. The summed E-state index contributed by atoms with van der Waals surface area (Å²) >= 11 is 0. The molecule has 1 amide bonds. The largest absolute Gasteiger partial charge is 0.481 e. The zero-order chi connectivity index (χ0) is 16.0. The molecular weight excluding hydrogens is 296 g/mol. The number of sulfonamides is 1. The molecule has 0 aliphatic heterocycles. The number of benzene rings is 1. The number of nitrogens with one attached hydrogen (secondary N) is 1. The summed E-state index contributed by atoms with van der Waals surface area (Å²) in [6.07, 6.45) is 1.18. The van der Waals surface area contributed by atoms with Crippen LogP contribution in [0.1, 0.15) is 30.1 Å². The maximum Gasteiger partial charge on any atom is 0.308 e. The quantitative estimate of drug-likeness (QED) is 0.678. The molecule has 1 atom stereocenters. The predicted octanol–water partition coefficient (Wildman–Crippen LogP) is 0.565. The molecular formula is C13H18N2O5S. The van der Waals surface area contributed by atoms with Crippen molar-refractivity contribution in [1.29, 1.82) is 0 Å². The summed E-state index contributed by atoms with van der Waals surface area (Å²) < 4.78 is 22.2. The Balaban J connectivity index is 2.70. The van der Waals surface area contributed by atoms with Crippen molar-refractivity contribution < 1.29 is 23.1 Å². The molecule has 0 fully saturated rings. The molecule has 8 heteroatoms. The van der Waals surface area contributed by atoms with Crippen molar-refractivity contribution in [2.24, 2.45) is 11.1 Å². The minimum Gasteiger partial charge on any atom is -0.481 e. The molecule has 0 aliphatic carbocycles. The second-order valence-electron chi connectivity index (χ2n) is 4.60. The van der Waals surface area contributed by atoms with E-state index in [0.717, 1.165) is 0 Å². The molecule has 21 heavy (non-hydrogen) atoms. The minimum absolute atomic E-state index is 0.0267. The van der Waals surface area contributed by atoms with Crippen LogP contribution in [0.2, 0.25) is 0 Å². The summed E-state index contributed by atoms with van der Waals surface area (Å²) in [7, 11) is -3.80. The van der Waals surface area contributed by atoms with E-state index in [4.69, 9.17) is 10.2 Å². The van der Waals surface area contributed by atoms with Gasteiger partial charge in [-0.15, -0.1) is 0 Å². The predicted molar refractivity (Wildman–Crippen MR) is 76.2 cm³/mol. The lowest BCUT2D eigenvalue weighted by Crippen LogP contribution is -2.32. The highest BCUT2D eigenvalue weighted by Gasteiger charge is 2.18. The van der Waals surface area contributed by atoms with E-state index in [0.29, 0.717) is 12.8 Å². The van der Waals surface area contributed by atoms with E-state index >= 15 is 0 Å². The number of aliphatic carboxylic acids is 1. The molecule has 7 nitrogen and oxygen atoms in total. The number of amides is 1. The summed E-state index contributed by atoms with van der Waals surface area (Å²) in [5, 5.41) is 16.5. The Bertz CT molecular complexity index is 610. The number of carboxylic acids is 1. The van der Waals surface area contributed by atoms with Crippen molar-refractivity contribution in [3.8, 4) is 0 Å². The van der Waals surface area contributed by atoms with Crippen molar-refractivity contribution in [3.63, 3.8) is 0 Å². The van der Waals surface area contributed by atoms with Gasteiger partial charge in [0, 0.05) is 12.1 Å². The summed E-state index contributed by atoms with van der Waals surface area (Å²) in [6, 6.07) is 5.10. The topological polar surface area (TPSA) is 127 Å². The van der Waals surface area contributed by atoms with Gasteiger partial charge in [0.2, 0.25) is 10.0 Å². The van der Waals surface area contributed by atoms with Gasteiger partial charge in [0.1, 0.15) is 0 Å². The van der Waals surface area contributed by atoms with E-state index in [9.17, 15) is 18.0 Å². The number of carbonyl (C=O) groups excluding carboxylic acids is 1. The summed E-state index contributed by atoms with van der Waals surface area (Å²) in [6.45, 7) is 1.89. The highest BCUT2D eigenvalue weighted by atomic mass is 32.2. The molecule has 116 valence electrons. The van der Waals surface area contributed by atoms with E-state index < -0.39 is 27.8 Å². The summed E-state index contributed by atoms with van der Waals surface area (Å²) in [5.41, 5.74) is 0.239. The first-order valence-electron chi connectivity index (χ1n) is 6.39. The summed E-state index contributed by atoms with van der Waals surface area (Å²) in [5.74, 6) is -2.05. The molecule has 0 unspecified atom stereocenters. The smallest absolute Gasteiger partial charge is 0.308 e. The molecule has 1 aromatic carbocycles. The Morgan fingerprint density at radius 1 is 1.29 bits per heavy atom. The third kappa shape index (κ3) is 5.16. The van der Waals surface area contributed by atoms with Gasteiger partial charge >= 0.3 is 5.97 Å². The van der Waals surface area contributed by atoms with Crippen LogP contribution in [-0.4, -0.2) is 31.9 Å². The van der Waals surface area contributed by atoms with Crippen LogP contribution in [0.3, 0.4) is 0 Å². The molecule has 0 radical (unpaired) electrons. The number of hydrogen-bond donors (Lipinski definition) is 3. The first kappa shape index (κ1) is 17.1. The fraction of sp³-hybridized carbons (Fsp3) is 0.385. The van der Waals surface area contributed by atoms with Gasteiger partial charge in [-0.3, -0.25) is 9.59 Å². The van der Waals surface area contributed by atoms with Gasteiger partial charge < -0.3 is 10.4 Å². The molecule has 0 aromatic heterocycles. The van der Waals surface area contributed by atoms with Crippen LogP contribution in [0.15, 0.2) is 29.2 Å². The Hall–Kier alpha value is -1.93. The van der Waals surface area contributed by atoms with Gasteiger partial charge in [-0.1, -0.05) is 13.3 Å². The molecule has 0 bridgehead atoms. The second-order valence-corrected chi connectivity index (χ2v) is 6.16. The molecule has 0 heterocycles. The van der Waals surface area contributed by atoms with Gasteiger partial charge in [-0.25, -0.2) is 13.6 Å². The molecule has 1 aromatic rings. The monoisotopic (exact) mass is 314 g/mol. The van der Waals surface area contributed by atoms with Crippen LogP contribution in [-0.2, 0) is 14.8 Å². The van der Waals surface area contributed by atoms with E-state index in [-0.39, 0.29) is 17.0 Å². The maximum absolute atomic E-state index is 11.9. The zero-order valence-electron chi connectivity index (χ0n) is 11.6. The first-order chi connectivity index (χ1) is 9.75. The number of nitrogens with two attached hydrogens (primary N) is 1. The standard InChI is InChI=1S/C13H18N2O5S/c1-2-3-10(13(17)18)8-15-12(16)9-4-6-11(7-5-9)21(14,19)20/h4-7,10H,2-3,8H2,1H3,(H,15,16)(H,17,18)(H2,14,19,20)/t10-/m1/s1. The molecule has 1 rings (SSSR count). The van der Waals surface area contributed by atoms with Gasteiger partial charge in [-0.05, 0) is 30.7 Å². The Kier molecular flexibility index (Phi) is 5.86.